The number of piperidine rings is 1. The number of nitrogens with one attached hydrogen (secondary N) is 2. The number of aromatic nitrogens is 4. The molecule has 0 aliphatic carbocycles. The summed E-state index contributed by atoms with van der Waals surface area (Å²) >= 11 is 0. The maximum Gasteiger partial charge on any atom is 0.270 e. The molecule has 10 heteroatoms. The quantitative estimate of drug-likeness (QED) is 0.503. The van der Waals surface area contributed by atoms with Crippen LogP contribution < -0.4 is 10.2 Å². The summed E-state index contributed by atoms with van der Waals surface area (Å²) in [5.74, 6) is 0.676. The molecule has 1 saturated heterocycles. The Balaban J connectivity index is 1.43. The number of anilines is 2. The van der Waals surface area contributed by atoms with E-state index < -0.39 is 4.92 Å². The summed E-state index contributed by atoms with van der Waals surface area (Å²) in [6, 6.07) is 9.65. The SMILES string of the molecule is O=C(Nc1cc(-c2cccc([N+](=O)[O-])c2)[nH]n1)C1CCCN(c2ncccn2)C1. The number of rotatable bonds is 5. The van der Waals surface area contributed by atoms with E-state index in [-0.39, 0.29) is 17.5 Å². The van der Waals surface area contributed by atoms with E-state index in [0.29, 0.717) is 29.6 Å². The minimum absolute atomic E-state index is 0.00638. The Morgan fingerprint density at radius 3 is 2.86 bits per heavy atom. The van der Waals surface area contributed by atoms with Crippen molar-refractivity contribution >= 4 is 23.4 Å². The molecule has 4 rings (SSSR count). The van der Waals surface area contributed by atoms with Crippen LogP contribution in [-0.4, -0.2) is 44.1 Å². The molecule has 1 fully saturated rings. The van der Waals surface area contributed by atoms with Crippen LogP contribution in [0.5, 0.6) is 0 Å². The maximum absolute atomic E-state index is 12.7. The molecule has 148 valence electrons. The number of H-pyrrole nitrogens is 1. The average molecular weight is 393 g/mol. The van der Waals surface area contributed by atoms with Crippen LogP contribution in [0.25, 0.3) is 11.3 Å². The van der Waals surface area contributed by atoms with E-state index >= 15 is 0 Å². The second-order valence-electron chi connectivity index (χ2n) is 6.80. The van der Waals surface area contributed by atoms with Crippen LogP contribution in [-0.2, 0) is 4.79 Å². The first-order chi connectivity index (χ1) is 14.1. The zero-order chi connectivity index (χ0) is 20.2. The standard InChI is InChI=1S/C19H19N7O3/c27-18(14-5-2-9-25(12-14)19-20-7-3-8-21-19)22-17-11-16(23-24-17)13-4-1-6-15(10-13)26(28)29/h1,3-4,6-8,10-11,14H,2,5,9,12H2,(H2,22,23,24,27). The van der Waals surface area contributed by atoms with Gasteiger partial charge in [0.1, 0.15) is 0 Å². The Morgan fingerprint density at radius 1 is 1.24 bits per heavy atom. The van der Waals surface area contributed by atoms with Crippen molar-refractivity contribution in [1.29, 1.82) is 0 Å². The monoisotopic (exact) mass is 393 g/mol. The molecule has 1 atom stereocenters. The molecule has 1 aliphatic rings. The number of hydrogen-bond donors (Lipinski definition) is 2. The number of nitrogens with zero attached hydrogens (tertiary/aromatic N) is 5. The molecule has 0 radical (unpaired) electrons. The minimum atomic E-state index is -0.451. The van der Waals surface area contributed by atoms with Crippen LogP contribution in [0, 0.1) is 16.0 Å². The second kappa shape index (κ2) is 8.05. The predicted octanol–water partition coefficient (Wildman–Crippen LogP) is 2.63. The number of nitro benzene ring substituents is 1. The molecule has 0 spiro atoms. The average Bonchev–Trinajstić information content (AvgIpc) is 3.23. The highest BCUT2D eigenvalue weighted by atomic mass is 16.6. The van der Waals surface area contributed by atoms with Crippen LogP contribution in [0.4, 0.5) is 17.5 Å². The molecule has 2 N–H and O–H groups in total. The van der Waals surface area contributed by atoms with Crippen LogP contribution in [0.2, 0.25) is 0 Å². The zero-order valence-corrected chi connectivity index (χ0v) is 15.5. The Kier molecular flexibility index (Phi) is 5.14. The molecule has 1 unspecified atom stereocenters. The topological polar surface area (TPSA) is 130 Å². The smallest absolute Gasteiger partial charge is 0.270 e. The van der Waals surface area contributed by atoms with Gasteiger partial charge in [-0.3, -0.25) is 20.0 Å². The van der Waals surface area contributed by atoms with Gasteiger partial charge in [-0.2, -0.15) is 5.10 Å². The van der Waals surface area contributed by atoms with E-state index in [0.717, 1.165) is 19.4 Å². The van der Waals surface area contributed by atoms with Gasteiger partial charge in [-0.1, -0.05) is 12.1 Å². The van der Waals surface area contributed by atoms with Gasteiger partial charge in [0.05, 0.1) is 16.5 Å². The molecule has 1 aliphatic heterocycles. The van der Waals surface area contributed by atoms with Crippen molar-refractivity contribution in [3.8, 4) is 11.3 Å². The van der Waals surface area contributed by atoms with E-state index in [9.17, 15) is 14.9 Å². The number of aromatic amines is 1. The maximum atomic E-state index is 12.7. The zero-order valence-electron chi connectivity index (χ0n) is 15.5. The van der Waals surface area contributed by atoms with Crippen molar-refractivity contribution in [2.75, 3.05) is 23.3 Å². The number of non-ortho nitro benzene ring substituents is 1. The molecule has 1 amide bonds. The molecule has 29 heavy (non-hydrogen) atoms. The van der Waals surface area contributed by atoms with Gasteiger partial charge in [-0.15, -0.1) is 0 Å². The van der Waals surface area contributed by atoms with Gasteiger partial charge in [-0.25, -0.2) is 9.97 Å². The summed E-state index contributed by atoms with van der Waals surface area (Å²) in [6.45, 7) is 1.35. The fraction of sp³-hybridized carbons (Fsp3) is 0.263. The Bertz CT molecular complexity index is 1020. The Labute approximate surface area is 166 Å². The van der Waals surface area contributed by atoms with Gasteiger partial charge in [0.2, 0.25) is 11.9 Å². The lowest BCUT2D eigenvalue weighted by Crippen LogP contribution is -2.41. The van der Waals surface area contributed by atoms with Crippen LogP contribution >= 0.6 is 0 Å². The van der Waals surface area contributed by atoms with E-state index in [1.165, 1.54) is 12.1 Å². The van der Waals surface area contributed by atoms with Gasteiger partial charge < -0.3 is 10.2 Å². The molecule has 3 aromatic rings. The van der Waals surface area contributed by atoms with Crippen molar-refractivity contribution in [2.24, 2.45) is 5.92 Å². The van der Waals surface area contributed by atoms with E-state index in [1.54, 1.807) is 36.7 Å². The highest BCUT2D eigenvalue weighted by molar-refractivity contribution is 5.92. The fourth-order valence-electron chi connectivity index (χ4n) is 3.38. The van der Waals surface area contributed by atoms with Crippen molar-refractivity contribution in [3.05, 3.63) is 58.9 Å². The molecule has 3 heterocycles. The number of carbonyl (C=O) groups is 1. The molecular weight excluding hydrogens is 374 g/mol. The number of nitro groups is 1. The van der Waals surface area contributed by atoms with Crippen LogP contribution in [0.1, 0.15) is 12.8 Å². The molecule has 2 aromatic heterocycles. The highest BCUT2D eigenvalue weighted by Gasteiger charge is 2.27. The first-order valence-electron chi connectivity index (χ1n) is 9.23. The summed E-state index contributed by atoms with van der Waals surface area (Å²) in [5.41, 5.74) is 1.21. The van der Waals surface area contributed by atoms with Gasteiger partial charge in [0, 0.05) is 49.2 Å². The normalized spacial score (nSPS) is 16.4. The Morgan fingerprint density at radius 2 is 2.07 bits per heavy atom. The number of carbonyl (C=O) groups excluding carboxylic acids is 1. The highest BCUT2D eigenvalue weighted by Crippen LogP contribution is 2.25. The van der Waals surface area contributed by atoms with Gasteiger partial charge in [0.15, 0.2) is 5.82 Å². The number of benzene rings is 1. The summed E-state index contributed by atoms with van der Waals surface area (Å²) in [6.07, 6.45) is 5.02. The first kappa shape index (κ1) is 18.5. The third-order valence-electron chi connectivity index (χ3n) is 4.82. The summed E-state index contributed by atoms with van der Waals surface area (Å²) in [7, 11) is 0. The van der Waals surface area contributed by atoms with Crippen molar-refractivity contribution in [2.45, 2.75) is 12.8 Å². The molecule has 0 bridgehead atoms. The molecule has 10 nitrogen and oxygen atoms in total. The minimum Gasteiger partial charge on any atom is -0.340 e. The largest absolute Gasteiger partial charge is 0.340 e. The number of amides is 1. The lowest BCUT2D eigenvalue weighted by Gasteiger charge is -2.31. The van der Waals surface area contributed by atoms with Crippen LogP contribution in [0.15, 0.2) is 48.8 Å². The van der Waals surface area contributed by atoms with Gasteiger partial charge >= 0.3 is 0 Å². The third kappa shape index (κ3) is 4.21. The third-order valence-corrected chi connectivity index (χ3v) is 4.82. The van der Waals surface area contributed by atoms with Crippen molar-refractivity contribution in [1.82, 2.24) is 20.2 Å². The fourth-order valence-corrected chi connectivity index (χ4v) is 3.38. The van der Waals surface area contributed by atoms with Crippen molar-refractivity contribution in [3.63, 3.8) is 0 Å². The predicted molar refractivity (Wildman–Crippen MR) is 106 cm³/mol. The summed E-state index contributed by atoms with van der Waals surface area (Å²) in [5, 5.41) is 20.7. The first-order valence-corrected chi connectivity index (χ1v) is 9.23. The molecule has 0 saturated carbocycles. The molecule has 1 aromatic carbocycles. The lowest BCUT2D eigenvalue weighted by atomic mass is 9.97. The van der Waals surface area contributed by atoms with E-state index in [4.69, 9.17) is 0 Å². The van der Waals surface area contributed by atoms with Gasteiger partial charge in [0.25, 0.3) is 5.69 Å². The van der Waals surface area contributed by atoms with E-state index in [2.05, 4.69) is 25.5 Å². The van der Waals surface area contributed by atoms with E-state index in [1.807, 2.05) is 4.90 Å². The summed E-state index contributed by atoms with van der Waals surface area (Å²) < 4.78 is 0. The molecular formula is C19H19N7O3. The second-order valence-corrected chi connectivity index (χ2v) is 6.80. The van der Waals surface area contributed by atoms with Crippen molar-refractivity contribution < 1.29 is 9.72 Å². The van der Waals surface area contributed by atoms with Gasteiger partial charge in [-0.05, 0) is 18.9 Å². The Hall–Kier alpha value is -3.82. The summed E-state index contributed by atoms with van der Waals surface area (Å²) in [4.78, 5) is 33.7. The lowest BCUT2D eigenvalue weighted by molar-refractivity contribution is -0.384. The van der Waals surface area contributed by atoms with Crippen LogP contribution in [0.3, 0.4) is 0 Å². The number of hydrogen-bond acceptors (Lipinski definition) is 7.